The normalized spacial score (nSPS) is 16.3. The number of carbonyl (C=O) groups excluding carboxylic acids is 1. The van der Waals surface area contributed by atoms with Gasteiger partial charge in [0.1, 0.15) is 0 Å². The van der Waals surface area contributed by atoms with Crippen LogP contribution < -0.4 is 9.62 Å². The summed E-state index contributed by atoms with van der Waals surface area (Å²) in [6.45, 7) is 4.39. The van der Waals surface area contributed by atoms with E-state index in [1.807, 2.05) is 38.1 Å². The topological polar surface area (TPSA) is 66.5 Å². The second kappa shape index (κ2) is 7.50. The van der Waals surface area contributed by atoms with Crippen LogP contribution >= 0.6 is 0 Å². The maximum absolute atomic E-state index is 12.6. The molecule has 1 saturated heterocycles. The van der Waals surface area contributed by atoms with Gasteiger partial charge in [-0.2, -0.15) is 0 Å². The minimum absolute atomic E-state index is 0.183. The maximum atomic E-state index is 12.6. The quantitative estimate of drug-likeness (QED) is 0.889. The molecule has 1 N–H and O–H groups in total. The van der Waals surface area contributed by atoms with Crippen LogP contribution in [-0.4, -0.2) is 26.6 Å². The number of hydrogen-bond donors (Lipinski definition) is 1. The molecule has 0 aromatic heterocycles. The second-order valence-electron chi connectivity index (χ2n) is 6.56. The fraction of sp³-hybridized carbons (Fsp3) is 0.350. The standard InChI is InChI=1S/C20H24N2O3S/c1-3-16-8-4-5-9-18(16)21-20(23)17-10-11-19(15(2)14-17)22-12-6-7-13-26(22,24)25/h4-5,8-11,14H,3,6-7,12-13H2,1-2H3,(H,21,23). The van der Waals surface area contributed by atoms with Gasteiger partial charge in [-0.15, -0.1) is 0 Å². The fourth-order valence-electron chi connectivity index (χ4n) is 3.28. The van der Waals surface area contributed by atoms with Crippen molar-refractivity contribution in [1.82, 2.24) is 0 Å². The van der Waals surface area contributed by atoms with Gasteiger partial charge in [-0.3, -0.25) is 9.10 Å². The van der Waals surface area contributed by atoms with Crippen molar-refractivity contribution < 1.29 is 13.2 Å². The molecule has 1 amide bonds. The van der Waals surface area contributed by atoms with Crippen molar-refractivity contribution in [3.05, 3.63) is 59.2 Å². The average Bonchev–Trinajstić information content (AvgIpc) is 2.62. The Balaban J connectivity index is 1.84. The summed E-state index contributed by atoms with van der Waals surface area (Å²) in [7, 11) is -3.26. The van der Waals surface area contributed by atoms with E-state index in [4.69, 9.17) is 0 Å². The lowest BCUT2D eigenvalue weighted by Crippen LogP contribution is -2.38. The lowest BCUT2D eigenvalue weighted by molar-refractivity contribution is 0.102. The first kappa shape index (κ1) is 18.5. The first-order valence-corrected chi connectivity index (χ1v) is 10.5. The van der Waals surface area contributed by atoms with Crippen LogP contribution in [-0.2, 0) is 16.4 Å². The van der Waals surface area contributed by atoms with Crippen LogP contribution in [0, 0.1) is 6.92 Å². The molecule has 0 atom stereocenters. The van der Waals surface area contributed by atoms with E-state index < -0.39 is 10.0 Å². The Morgan fingerprint density at radius 3 is 2.62 bits per heavy atom. The Morgan fingerprint density at radius 1 is 1.15 bits per heavy atom. The molecule has 3 rings (SSSR count). The van der Waals surface area contributed by atoms with E-state index >= 15 is 0 Å². The smallest absolute Gasteiger partial charge is 0.255 e. The number of amides is 1. The van der Waals surface area contributed by atoms with E-state index in [9.17, 15) is 13.2 Å². The molecule has 0 saturated carbocycles. The van der Waals surface area contributed by atoms with Gasteiger partial charge >= 0.3 is 0 Å². The van der Waals surface area contributed by atoms with Gasteiger partial charge in [0.15, 0.2) is 0 Å². The van der Waals surface area contributed by atoms with Crippen molar-refractivity contribution in [3.8, 4) is 0 Å². The summed E-state index contributed by atoms with van der Waals surface area (Å²) >= 11 is 0. The van der Waals surface area contributed by atoms with E-state index in [2.05, 4.69) is 5.32 Å². The Morgan fingerprint density at radius 2 is 1.92 bits per heavy atom. The van der Waals surface area contributed by atoms with Crippen molar-refractivity contribution >= 4 is 27.3 Å². The molecule has 0 aliphatic carbocycles. The highest BCUT2D eigenvalue weighted by molar-refractivity contribution is 7.92. The van der Waals surface area contributed by atoms with Crippen molar-refractivity contribution in [2.75, 3.05) is 21.9 Å². The van der Waals surface area contributed by atoms with Crippen LogP contribution in [0.25, 0.3) is 0 Å². The summed E-state index contributed by atoms with van der Waals surface area (Å²) in [6.07, 6.45) is 2.39. The van der Waals surface area contributed by atoms with Crippen molar-refractivity contribution in [2.45, 2.75) is 33.1 Å². The molecule has 138 valence electrons. The van der Waals surface area contributed by atoms with Crippen molar-refractivity contribution in [3.63, 3.8) is 0 Å². The van der Waals surface area contributed by atoms with Crippen LogP contribution in [0.4, 0.5) is 11.4 Å². The first-order valence-electron chi connectivity index (χ1n) is 8.92. The molecule has 2 aromatic rings. The van der Waals surface area contributed by atoms with Gasteiger partial charge in [0.2, 0.25) is 10.0 Å². The molecule has 6 heteroatoms. The molecule has 5 nitrogen and oxygen atoms in total. The highest BCUT2D eigenvalue weighted by Crippen LogP contribution is 2.28. The predicted octanol–water partition coefficient (Wildman–Crippen LogP) is 3.74. The number of hydrogen-bond acceptors (Lipinski definition) is 3. The number of anilines is 2. The van der Waals surface area contributed by atoms with Gasteiger partial charge in [-0.1, -0.05) is 25.1 Å². The summed E-state index contributed by atoms with van der Waals surface area (Å²) < 4.78 is 26.1. The Labute approximate surface area is 155 Å². The molecule has 0 unspecified atom stereocenters. The largest absolute Gasteiger partial charge is 0.322 e. The van der Waals surface area contributed by atoms with Gasteiger partial charge in [-0.25, -0.2) is 8.42 Å². The number of aryl methyl sites for hydroxylation is 2. The van der Waals surface area contributed by atoms with E-state index in [1.54, 1.807) is 18.2 Å². The molecular weight excluding hydrogens is 348 g/mol. The molecule has 0 radical (unpaired) electrons. The molecule has 1 aliphatic rings. The summed E-state index contributed by atoms with van der Waals surface area (Å²) in [4.78, 5) is 12.6. The number of para-hydroxylation sites is 1. The first-order chi connectivity index (χ1) is 12.4. The predicted molar refractivity (Wildman–Crippen MR) is 105 cm³/mol. The van der Waals surface area contributed by atoms with E-state index in [-0.39, 0.29) is 11.7 Å². The molecular formula is C20H24N2O3S. The zero-order chi connectivity index (χ0) is 18.7. The van der Waals surface area contributed by atoms with Crippen molar-refractivity contribution in [1.29, 1.82) is 0 Å². The second-order valence-corrected chi connectivity index (χ2v) is 8.57. The molecule has 0 bridgehead atoms. The van der Waals surface area contributed by atoms with Crippen molar-refractivity contribution in [2.24, 2.45) is 0 Å². The van der Waals surface area contributed by atoms with Crippen LogP contribution in [0.3, 0.4) is 0 Å². The Bertz CT molecular complexity index is 922. The number of sulfonamides is 1. The summed E-state index contributed by atoms with van der Waals surface area (Å²) in [6, 6.07) is 12.9. The minimum Gasteiger partial charge on any atom is -0.322 e. The van der Waals surface area contributed by atoms with Gasteiger partial charge < -0.3 is 5.32 Å². The highest BCUT2D eigenvalue weighted by Gasteiger charge is 2.27. The molecule has 1 heterocycles. The average molecular weight is 372 g/mol. The summed E-state index contributed by atoms with van der Waals surface area (Å²) in [5, 5.41) is 2.95. The third-order valence-corrected chi connectivity index (χ3v) is 6.58. The molecule has 0 spiro atoms. The van der Waals surface area contributed by atoms with Crippen LogP contribution in [0.1, 0.15) is 41.3 Å². The molecule has 1 fully saturated rings. The zero-order valence-electron chi connectivity index (χ0n) is 15.2. The number of nitrogens with one attached hydrogen (secondary N) is 1. The van der Waals surface area contributed by atoms with Crippen LogP contribution in [0.5, 0.6) is 0 Å². The minimum atomic E-state index is -3.26. The number of nitrogens with zero attached hydrogens (tertiary/aromatic N) is 1. The monoisotopic (exact) mass is 372 g/mol. The van der Waals surface area contributed by atoms with Gasteiger partial charge in [0.25, 0.3) is 5.91 Å². The molecule has 1 aliphatic heterocycles. The maximum Gasteiger partial charge on any atom is 0.255 e. The highest BCUT2D eigenvalue weighted by atomic mass is 32.2. The van der Waals surface area contributed by atoms with Crippen LogP contribution in [0.15, 0.2) is 42.5 Å². The third-order valence-electron chi connectivity index (χ3n) is 4.72. The van der Waals surface area contributed by atoms with Gasteiger partial charge in [-0.05, 0) is 61.6 Å². The van der Waals surface area contributed by atoms with Gasteiger partial charge in [0, 0.05) is 17.8 Å². The third kappa shape index (κ3) is 3.75. The number of carbonyl (C=O) groups is 1. The van der Waals surface area contributed by atoms with Crippen LogP contribution in [0.2, 0.25) is 0 Å². The summed E-state index contributed by atoms with van der Waals surface area (Å²) in [5.74, 6) is -0.00953. The van der Waals surface area contributed by atoms with E-state index in [1.165, 1.54) is 4.31 Å². The lowest BCUT2D eigenvalue weighted by atomic mass is 10.1. The SMILES string of the molecule is CCc1ccccc1NC(=O)c1ccc(N2CCCCS2(=O)=O)c(C)c1. The number of benzene rings is 2. The summed E-state index contributed by atoms with van der Waals surface area (Å²) in [5.41, 5.74) is 3.85. The Kier molecular flexibility index (Phi) is 5.32. The lowest BCUT2D eigenvalue weighted by Gasteiger charge is -2.29. The van der Waals surface area contributed by atoms with E-state index in [0.717, 1.165) is 29.7 Å². The molecule has 26 heavy (non-hydrogen) atoms. The van der Waals surface area contributed by atoms with Gasteiger partial charge in [0.05, 0.1) is 11.4 Å². The van der Waals surface area contributed by atoms with E-state index in [0.29, 0.717) is 24.2 Å². The molecule has 2 aromatic carbocycles. The fourth-order valence-corrected chi connectivity index (χ4v) is 4.98. The number of rotatable bonds is 4. The zero-order valence-corrected chi connectivity index (χ0v) is 16.0. The Hall–Kier alpha value is -2.34.